The zero-order valence-electron chi connectivity index (χ0n) is 10.5. The summed E-state index contributed by atoms with van der Waals surface area (Å²) in [5.74, 6) is -0.240. The average Bonchev–Trinajstić information content (AvgIpc) is 2.45. The molecule has 5 nitrogen and oxygen atoms in total. The molecule has 0 aromatic heterocycles. The highest BCUT2D eigenvalue weighted by molar-refractivity contribution is 14.1. The number of carbonyl (C=O) groups is 1. The van der Waals surface area contributed by atoms with E-state index in [1.807, 2.05) is 22.6 Å². The van der Waals surface area contributed by atoms with Gasteiger partial charge in [-0.3, -0.25) is 4.79 Å². The highest BCUT2D eigenvalue weighted by atomic mass is 127. The predicted molar refractivity (Wildman–Crippen MR) is 91.7 cm³/mol. The molecule has 0 aliphatic rings. The van der Waals surface area contributed by atoms with E-state index in [1.54, 1.807) is 24.3 Å². The van der Waals surface area contributed by atoms with Gasteiger partial charge in [0.1, 0.15) is 11.5 Å². The van der Waals surface area contributed by atoms with Crippen LogP contribution in [0, 0.1) is 3.57 Å². The Labute approximate surface area is 143 Å². The Balaban J connectivity index is 2.04. The van der Waals surface area contributed by atoms with E-state index < -0.39 is 5.91 Å². The molecular formula is C14H10BrIN2O3. The number of amides is 1. The van der Waals surface area contributed by atoms with Crippen molar-refractivity contribution in [2.75, 3.05) is 0 Å². The third-order valence-electron chi connectivity index (χ3n) is 2.56. The molecule has 0 saturated carbocycles. The summed E-state index contributed by atoms with van der Waals surface area (Å²) in [5.41, 5.74) is 3.40. The van der Waals surface area contributed by atoms with Crippen molar-refractivity contribution in [1.29, 1.82) is 0 Å². The maximum absolute atomic E-state index is 11.8. The summed E-state index contributed by atoms with van der Waals surface area (Å²) < 4.78 is 1.21. The fourth-order valence-electron chi connectivity index (χ4n) is 1.49. The zero-order chi connectivity index (χ0) is 15.4. The SMILES string of the molecule is O=C(N/N=C\c1ccc(O)c(Br)c1)c1ccc(I)c(O)c1. The number of halogens is 2. The Kier molecular flexibility index (Phi) is 5.18. The second kappa shape index (κ2) is 6.90. The normalized spacial score (nSPS) is 10.8. The first-order valence-electron chi connectivity index (χ1n) is 5.78. The van der Waals surface area contributed by atoms with Gasteiger partial charge < -0.3 is 10.2 Å². The highest BCUT2D eigenvalue weighted by Gasteiger charge is 2.07. The van der Waals surface area contributed by atoms with E-state index in [4.69, 9.17) is 0 Å². The molecule has 3 N–H and O–H groups in total. The van der Waals surface area contributed by atoms with E-state index in [0.29, 0.717) is 19.2 Å². The van der Waals surface area contributed by atoms with Gasteiger partial charge in [-0.15, -0.1) is 0 Å². The molecule has 0 heterocycles. The van der Waals surface area contributed by atoms with Gasteiger partial charge in [0.2, 0.25) is 0 Å². The number of hydrogen-bond donors (Lipinski definition) is 3. The summed E-state index contributed by atoms with van der Waals surface area (Å²) in [6.07, 6.45) is 1.45. The lowest BCUT2D eigenvalue weighted by Crippen LogP contribution is -2.17. The number of rotatable bonds is 3. The Hall–Kier alpha value is -1.61. The molecule has 0 unspecified atom stereocenters. The number of benzene rings is 2. The molecule has 0 spiro atoms. The van der Waals surface area contributed by atoms with Crippen LogP contribution in [0.5, 0.6) is 11.5 Å². The van der Waals surface area contributed by atoms with E-state index in [-0.39, 0.29) is 11.5 Å². The number of phenols is 2. The average molecular weight is 461 g/mol. The predicted octanol–water partition coefficient (Wildman–Crippen LogP) is 3.23. The zero-order valence-corrected chi connectivity index (χ0v) is 14.3. The van der Waals surface area contributed by atoms with Gasteiger partial charge in [0, 0.05) is 5.56 Å². The lowest BCUT2D eigenvalue weighted by atomic mass is 10.2. The van der Waals surface area contributed by atoms with Crippen LogP contribution in [-0.2, 0) is 0 Å². The van der Waals surface area contributed by atoms with Crippen LogP contribution in [0.4, 0.5) is 0 Å². The molecule has 2 aromatic rings. The lowest BCUT2D eigenvalue weighted by Gasteiger charge is -2.02. The maximum Gasteiger partial charge on any atom is 0.271 e. The third-order valence-corrected chi connectivity index (χ3v) is 4.11. The second-order valence-corrected chi connectivity index (χ2v) is 6.09. The first-order chi connectivity index (χ1) is 9.97. The highest BCUT2D eigenvalue weighted by Crippen LogP contribution is 2.23. The fourth-order valence-corrected chi connectivity index (χ4v) is 2.22. The fraction of sp³-hybridized carbons (Fsp3) is 0. The van der Waals surface area contributed by atoms with Crippen molar-refractivity contribution in [3.8, 4) is 11.5 Å². The molecule has 7 heteroatoms. The Morgan fingerprint density at radius 1 is 1.19 bits per heavy atom. The van der Waals surface area contributed by atoms with E-state index in [1.165, 1.54) is 18.3 Å². The minimum Gasteiger partial charge on any atom is -0.507 e. The standard InChI is InChI=1S/C14H10BrIN2O3/c15-10-5-8(1-4-12(10)19)7-17-18-14(21)9-2-3-11(16)13(20)6-9/h1-7,19-20H,(H,18,21)/b17-7-. The lowest BCUT2D eigenvalue weighted by molar-refractivity contribution is 0.0954. The van der Waals surface area contributed by atoms with Crippen molar-refractivity contribution >= 4 is 50.6 Å². The van der Waals surface area contributed by atoms with Gasteiger partial charge in [-0.25, -0.2) is 5.43 Å². The molecule has 21 heavy (non-hydrogen) atoms. The number of aromatic hydroxyl groups is 2. The number of carbonyl (C=O) groups excluding carboxylic acids is 1. The van der Waals surface area contributed by atoms with Gasteiger partial charge in [0.05, 0.1) is 14.3 Å². The summed E-state index contributed by atoms with van der Waals surface area (Å²) >= 11 is 5.16. The molecule has 0 saturated heterocycles. The molecule has 0 atom stereocenters. The smallest absolute Gasteiger partial charge is 0.271 e. The summed E-state index contributed by atoms with van der Waals surface area (Å²) in [4.78, 5) is 11.8. The van der Waals surface area contributed by atoms with Crippen molar-refractivity contribution in [1.82, 2.24) is 5.43 Å². The Bertz CT molecular complexity index is 719. The second-order valence-electron chi connectivity index (χ2n) is 4.08. The monoisotopic (exact) mass is 460 g/mol. The Morgan fingerprint density at radius 2 is 1.95 bits per heavy atom. The number of phenolic OH excluding ortho intramolecular Hbond substituents is 2. The summed E-state index contributed by atoms with van der Waals surface area (Å²) in [6, 6.07) is 9.47. The molecule has 0 fully saturated rings. The summed E-state index contributed by atoms with van der Waals surface area (Å²) in [5, 5.41) is 22.8. The molecular weight excluding hydrogens is 451 g/mol. The molecule has 2 rings (SSSR count). The van der Waals surface area contributed by atoms with E-state index in [2.05, 4.69) is 26.5 Å². The summed E-state index contributed by atoms with van der Waals surface area (Å²) in [7, 11) is 0. The van der Waals surface area contributed by atoms with Gasteiger partial charge in [0.15, 0.2) is 0 Å². The van der Waals surface area contributed by atoms with Crippen molar-refractivity contribution < 1.29 is 15.0 Å². The molecule has 2 aromatic carbocycles. The van der Waals surface area contributed by atoms with Crippen LogP contribution in [0.25, 0.3) is 0 Å². The number of nitrogens with one attached hydrogen (secondary N) is 1. The number of hydrazone groups is 1. The Morgan fingerprint density at radius 3 is 2.62 bits per heavy atom. The number of nitrogens with zero attached hydrogens (tertiary/aromatic N) is 1. The van der Waals surface area contributed by atoms with Gasteiger partial charge in [-0.2, -0.15) is 5.10 Å². The molecule has 0 bridgehead atoms. The minimum absolute atomic E-state index is 0.0506. The van der Waals surface area contributed by atoms with Crippen LogP contribution in [-0.4, -0.2) is 22.3 Å². The first kappa shape index (κ1) is 15.8. The van der Waals surface area contributed by atoms with Crippen LogP contribution in [0.3, 0.4) is 0 Å². The summed E-state index contributed by atoms with van der Waals surface area (Å²) in [6.45, 7) is 0. The molecule has 0 aliphatic carbocycles. The minimum atomic E-state index is -0.421. The van der Waals surface area contributed by atoms with Crippen LogP contribution < -0.4 is 5.43 Å². The van der Waals surface area contributed by atoms with Gasteiger partial charge >= 0.3 is 0 Å². The van der Waals surface area contributed by atoms with Crippen LogP contribution >= 0.6 is 38.5 Å². The molecule has 1 amide bonds. The van der Waals surface area contributed by atoms with Crippen molar-refractivity contribution in [3.63, 3.8) is 0 Å². The van der Waals surface area contributed by atoms with Gasteiger partial charge in [0.25, 0.3) is 5.91 Å². The number of hydrogen-bond acceptors (Lipinski definition) is 4. The van der Waals surface area contributed by atoms with Crippen molar-refractivity contribution in [2.24, 2.45) is 5.10 Å². The largest absolute Gasteiger partial charge is 0.507 e. The maximum atomic E-state index is 11.8. The quantitative estimate of drug-likeness (QED) is 0.373. The van der Waals surface area contributed by atoms with E-state index in [0.717, 1.165) is 0 Å². The topological polar surface area (TPSA) is 81.9 Å². The third kappa shape index (κ3) is 4.18. The van der Waals surface area contributed by atoms with Gasteiger partial charge in [-0.1, -0.05) is 0 Å². The van der Waals surface area contributed by atoms with Crippen LogP contribution in [0.1, 0.15) is 15.9 Å². The molecule has 0 radical (unpaired) electrons. The van der Waals surface area contributed by atoms with E-state index >= 15 is 0 Å². The van der Waals surface area contributed by atoms with Crippen molar-refractivity contribution in [3.05, 3.63) is 55.6 Å². The first-order valence-corrected chi connectivity index (χ1v) is 7.65. The van der Waals surface area contributed by atoms with Crippen molar-refractivity contribution in [2.45, 2.75) is 0 Å². The van der Waals surface area contributed by atoms with Gasteiger partial charge in [-0.05, 0) is 80.5 Å². The van der Waals surface area contributed by atoms with E-state index in [9.17, 15) is 15.0 Å². The molecule has 108 valence electrons. The van der Waals surface area contributed by atoms with Crippen LogP contribution in [0.2, 0.25) is 0 Å². The molecule has 0 aliphatic heterocycles. The van der Waals surface area contributed by atoms with Crippen LogP contribution in [0.15, 0.2) is 46.0 Å².